The first-order valence-electron chi connectivity index (χ1n) is 5.35. The van der Waals surface area contributed by atoms with Gasteiger partial charge in [-0.2, -0.15) is 0 Å². The highest BCUT2D eigenvalue weighted by atomic mass is 15.2. The van der Waals surface area contributed by atoms with Crippen LogP contribution >= 0.6 is 0 Å². The third-order valence-corrected chi connectivity index (χ3v) is 2.43. The molecule has 3 heteroatoms. The Morgan fingerprint density at radius 2 is 1.86 bits per heavy atom. The van der Waals surface area contributed by atoms with Crippen LogP contribution in [0.5, 0.6) is 0 Å². The number of rotatable bonds is 3. The molecule has 0 atom stereocenters. The van der Waals surface area contributed by atoms with E-state index in [9.17, 15) is 0 Å². The van der Waals surface area contributed by atoms with E-state index in [0.29, 0.717) is 12.0 Å². The van der Waals surface area contributed by atoms with Gasteiger partial charge in [-0.25, -0.2) is 4.98 Å². The van der Waals surface area contributed by atoms with Gasteiger partial charge in [-0.15, -0.1) is 0 Å². The summed E-state index contributed by atoms with van der Waals surface area (Å²) >= 11 is 0. The number of hydrogen-bond acceptors (Lipinski definition) is 2. The SMILES string of the molecule is CCc1nc(C(C)C)c(N)n1C(C)C. The number of nitrogens with two attached hydrogens (primary N) is 1. The minimum atomic E-state index is 0.393. The third kappa shape index (κ3) is 1.76. The zero-order valence-electron chi connectivity index (χ0n) is 9.83. The minimum Gasteiger partial charge on any atom is -0.384 e. The van der Waals surface area contributed by atoms with E-state index in [1.54, 1.807) is 0 Å². The molecule has 0 saturated heterocycles. The summed E-state index contributed by atoms with van der Waals surface area (Å²) in [7, 11) is 0. The van der Waals surface area contributed by atoms with Crippen molar-refractivity contribution in [2.24, 2.45) is 0 Å². The van der Waals surface area contributed by atoms with Crippen LogP contribution in [0.4, 0.5) is 5.82 Å². The molecule has 0 aromatic carbocycles. The van der Waals surface area contributed by atoms with Crippen molar-refractivity contribution >= 4 is 5.82 Å². The fourth-order valence-electron chi connectivity index (χ4n) is 1.76. The second kappa shape index (κ2) is 4.03. The van der Waals surface area contributed by atoms with Crippen LogP contribution in [0.1, 0.15) is 58.1 Å². The van der Waals surface area contributed by atoms with Crippen LogP contribution in [0, 0.1) is 0 Å². The maximum atomic E-state index is 6.08. The number of hydrogen-bond donors (Lipinski definition) is 1. The van der Waals surface area contributed by atoms with Gasteiger partial charge in [0.1, 0.15) is 11.6 Å². The molecule has 0 fully saturated rings. The number of imidazole rings is 1. The fourth-order valence-corrected chi connectivity index (χ4v) is 1.76. The average Bonchev–Trinajstić information content (AvgIpc) is 2.42. The first-order valence-corrected chi connectivity index (χ1v) is 5.35. The number of aryl methyl sites for hydroxylation is 1. The summed E-state index contributed by atoms with van der Waals surface area (Å²) in [6.45, 7) is 10.7. The first-order chi connectivity index (χ1) is 6.49. The van der Waals surface area contributed by atoms with Crippen LogP contribution in [0.3, 0.4) is 0 Å². The Morgan fingerprint density at radius 3 is 2.14 bits per heavy atom. The zero-order chi connectivity index (χ0) is 10.9. The third-order valence-electron chi connectivity index (χ3n) is 2.43. The molecule has 1 aromatic rings. The molecule has 0 amide bonds. The second-order valence-corrected chi connectivity index (χ2v) is 4.27. The van der Waals surface area contributed by atoms with Crippen LogP contribution in [-0.2, 0) is 6.42 Å². The van der Waals surface area contributed by atoms with Crippen molar-refractivity contribution in [2.45, 2.75) is 53.0 Å². The molecular formula is C11H21N3. The van der Waals surface area contributed by atoms with Gasteiger partial charge in [-0.1, -0.05) is 20.8 Å². The van der Waals surface area contributed by atoms with E-state index in [-0.39, 0.29) is 0 Å². The molecule has 3 nitrogen and oxygen atoms in total. The maximum Gasteiger partial charge on any atom is 0.127 e. The minimum absolute atomic E-state index is 0.393. The molecule has 0 aliphatic rings. The highest BCUT2D eigenvalue weighted by Crippen LogP contribution is 2.25. The van der Waals surface area contributed by atoms with Gasteiger partial charge >= 0.3 is 0 Å². The van der Waals surface area contributed by atoms with E-state index < -0.39 is 0 Å². The molecule has 0 saturated carbocycles. The summed E-state index contributed by atoms with van der Waals surface area (Å²) in [6, 6.07) is 0.393. The van der Waals surface area contributed by atoms with E-state index in [2.05, 4.69) is 44.2 Å². The summed E-state index contributed by atoms with van der Waals surface area (Å²) < 4.78 is 2.13. The standard InChI is InChI=1S/C11H21N3/c1-6-9-13-10(7(2)3)11(12)14(9)8(4)5/h7-8H,6,12H2,1-5H3. The molecule has 14 heavy (non-hydrogen) atoms. The van der Waals surface area contributed by atoms with Crippen LogP contribution in [-0.4, -0.2) is 9.55 Å². The average molecular weight is 195 g/mol. The monoisotopic (exact) mass is 195 g/mol. The Kier molecular flexibility index (Phi) is 3.19. The molecule has 80 valence electrons. The predicted octanol–water partition coefficient (Wildman–Crippen LogP) is 2.73. The van der Waals surface area contributed by atoms with E-state index in [4.69, 9.17) is 5.73 Å². The van der Waals surface area contributed by atoms with Gasteiger partial charge in [0.05, 0.1) is 5.69 Å². The van der Waals surface area contributed by atoms with Gasteiger partial charge in [0.25, 0.3) is 0 Å². The number of aromatic nitrogens is 2. The Bertz CT molecular complexity index is 311. The van der Waals surface area contributed by atoms with Gasteiger partial charge in [-0.05, 0) is 19.8 Å². The molecule has 1 rings (SSSR count). The highest BCUT2D eigenvalue weighted by Gasteiger charge is 2.17. The Hall–Kier alpha value is -0.990. The largest absolute Gasteiger partial charge is 0.384 e. The Labute approximate surface area is 86.3 Å². The van der Waals surface area contributed by atoms with Crippen LogP contribution < -0.4 is 5.73 Å². The summed E-state index contributed by atoms with van der Waals surface area (Å²) in [6.07, 6.45) is 0.940. The quantitative estimate of drug-likeness (QED) is 0.806. The normalized spacial score (nSPS) is 11.6. The summed E-state index contributed by atoms with van der Waals surface area (Å²) in [5.41, 5.74) is 7.12. The Morgan fingerprint density at radius 1 is 1.29 bits per heavy atom. The van der Waals surface area contributed by atoms with Crippen molar-refractivity contribution in [3.05, 3.63) is 11.5 Å². The van der Waals surface area contributed by atoms with Gasteiger partial charge in [0, 0.05) is 12.5 Å². The van der Waals surface area contributed by atoms with E-state index in [0.717, 1.165) is 23.8 Å². The predicted molar refractivity (Wildman–Crippen MR) is 60.5 cm³/mol. The summed E-state index contributed by atoms with van der Waals surface area (Å²) in [5, 5.41) is 0. The molecule has 1 heterocycles. The van der Waals surface area contributed by atoms with Crippen molar-refractivity contribution in [3.8, 4) is 0 Å². The van der Waals surface area contributed by atoms with Crippen LogP contribution in [0.2, 0.25) is 0 Å². The van der Waals surface area contributed by atoms with Gasteiger partial charge in [-0.3, -0.25) is 0 Å². The van der Waals surface area contributed by atoms with E-state index in [1.165, 1.54) is 0 Å². The topological polar surface area (TPSA) is 43.8 Å². The van der Waals surface area contributed by atoms with Crippen LogP contribution in [0.25, 0.3) is 0 Å². The van der Waals surface area contributed by atoms with Gasteiger partial charge < -0.3 is 10.3 Å². The summed E-state index contributed by atoms with van der Waals surface area (Å²) in [4.78, 5) is 4.59. The second-order valence-electron chi connectivity index (χ2n) is 4.27. The van der Waals surface area contributed by atoms with Gasteiger partial charge in [0.2, 0.25) is 0 Å². The molecule has 0 spiro atoms. The molecule has 0 aliphatic carbocycles. The van der Waals surface area contributed by atoms with Crippen LogP contribution in [0.15, 0.2) is 0 Å². The molecule has 0 bridgehead atoms. The van der Waals surface area contributed by atoms with Crippen molar-refractivity contribution in [2.75, 3.05) is 5.73 Å². The lowest BCUT2D eigenvalue weighted by Gasteiger charge is -2.12. The maximum absolute atomic E-state index is 6.08. The lowest BCUT2D eigenvalue weighted by Crippen LogP contribution is -2.09. The Balaban J connectivity index is 3.25. The molecule has 1 aromatic heterocycles. The van der Waals surface area contributed by atoms with Crippen molar-refractivity contribution in [1.82, 2.24) is 9.55 Å². The lowest BCUT2D eigenvalue weighted by atomic mass is 10.1. The molecule has 0 unspecified atom stereocenters. The van der Waals surface area contributed by atoms with Crippen molar-refractivity contribution < 1.29 is 0 Å². The zero-order valence-corrected chi connectivity index (χ0v) is 9.83. The molecule has 2 N–H and O–H groups in total. The van der Waals surface area contributed by atoms with Crippen molar-refractivity contribution in [1.29, 1.82) is 0 Å². The molecule has 0 aliphatic heterocycles. The molecular weight excluding hydrogens is 174 g/mol. The number of nitrogen functional groups attached to an aromatic ring is 1. The van der Waals surface area contributed by atoms with Gasteiger partial charge in [0.15, 0.2) is 0 Å². The number of anilines is 1. The molecule has 0 radical (unpaired) electrons. The smallest absolute Gasteiger partial charge is 0.127 e. The first kappa shape index (κ1) is 11.1. The fraction of sp³-hybridized carbons (Fsp3) is 0.727. The highest BCUT2D eigenvalue weighted by molar-refractivity contribution is 5.40. The number of nitrogens with zero attached hydrogens (tertiary/aromatic N) is 2. The van der Waals surface area contributed by atoms with E-state index in [1.807, 2.05) is 0 Å². The summed E-state index contributed by atoms with van der Waals surface area (Å²) in [5.74, 6) is 2.34. The van der Waals surface area contributed by atoms with E-state index >= 15 is 0 Å². The lowest BCUT2D eigenvalue weighted by molar-refractivity contribution is 0.579. The van der Waals surface area contributed by atoms with Crippen molar-refractivity contribution in [3.63, 3.8) is 0 Å².